The second-order valence-corrected chi connectivity index (χ2v) is 4.47. The molecule has 0 aliphatic rings. The summed E-state index contributed by atoms with van der Waals surface area (Å²) in [5.41, 5.74) is 6.81. The first-order chi connectivity index (χ1) is 7.95. The molecular formula is C13H20F2N2. The summed E-state index contributed by atoms with van der Waals surface area (Å²) in [5.74, 6) is 0.504. The highest BCUT2D eigenvalue weighted by Crippen LogP contribution is 2.27. The summed E-state index contributed by atoms with van der Waals surface area (Å²) in [5, 5.41) is 3.26. The third-order valence-corrected chi connectivity index (χ3v) is 3.21. The number of anilines is 2. The van der Waals surface area contributed by atoms with E-state index in [2.05, 4.69) is 26.1 Å². The van der Waals surface area contributed by atoms with Gasteiger partial charge in [-0.05, 0) is 25.0 Å². The molecule has 0 aliphatic heterocycles. The van der Waals surface area contributed by atoms with Gasteiger partial charge < -0.3 is 11.1 Å². The van der Waals surface area contributed by atoms with Crippen molar-refractivity contribution in [3.63, 3.8) is 0 Å². The second kappa shape index (κ2) is 5.84. The molecule has 0 saturated heterocycles. The van der Waals surface area contributed by atoms with Gasteiger partial charge in [-0.25, -0.2) is 8.78 Å². The van der Waals surface area contributed by atoms with Crippen molar-refractivity contribution in [1.29, 1.82) is 0 Å². The summed E-state index contributed by atoms with van der Waals surface area (Å²) in [6, 6.07) is 4.62. The smallest absolute Gasteiger partial charge is 0.263 e. The monoisotopic (exact) mass is 242 g/mol. The first kappa shape index (κ1) is 13.7. The quantitative estimate of drug-likeness (QED) is 0.764. The zero-order valence-electron chi connectivity index (χ0n) is 10.5. The van der Waals surface area contributed by atoms with Gasteiger partial charge in [-0.1, -0.05) is 26.3 Å². The topological polar surface area (TPSA) is 38.0 Å². The number of nitrogen functional groups attached to an aromatic ring is 1. The van der Waals surface area contributed by atoms with Crippen molar-refractivity contribution >= 4 is 11.4 Å². The molecule has 0 spiro atoms. The lowest BCUT2D eigenvalue weighted by atomic mass is 10.0. The number of benzene rings is 1. The van der Waals surface area contributed by atoms with Gasteiger partial charge in [0, 0.05) is 11.6 Å². The Bertz CT molecular complexity index is 366. The van der Waals surface area contributed by atoms with Crippen molar-refractivity contribution < 1.29 is 8.78 Å². The van der Waals surface area contributed by atoms with E-state index in [-0.39, 0.29) is 11.6 Å². The molecule has 0 radical (unpaired) electrons. The zero-order valence-corrected chi connectivity index (χ0v) is 10.5. The van der Waals surface area contributed by atoms with Gasteiger partial charge in [0.15, 0.2) is 0 Å². The Balaban J connectivity index is 2.79. The maximum Gasteiger partial charge on any atom is 0.263 e. The van der Waals surface area contributed by atoms with Crippen molar-refractivity contribution in [2.24, 2.45) is 5.92 Å². The molecular weight excluding hydrogens is 222 g/mol. The van der Waals surface area contributed by atoms with Crippen LogP contribution in [0.5, 0.6) is 0 Å². The predicted octanol–water partition coefficient (Wildman–Crippen LogP) is 4.05. The minimum atomic E-state index is -2.47. The van der Waals surface area contributed by atoms with E-state index in [1.165, 1.54) is 12.1 Å². The van der Waals surface area contributed by atoms with Crippen LogP contribution in [0.25, 0.3) is 0 Å². The maximum absolute atomic E-state index is 12.4. The van der Waals surface area contributed by atoms with Gasteiger partial charge in [0.25, 0.3) is 6.43 Å². The van der Waals surface area contributed by atoms with Crippen LogP contribution in [0.4, 0.5) is 20.2 Å². The Morgan fingerprint density at radius 1 is 1.29 bits per heavy atom. The number of rotatable bonds is 5. The zero-order chi connectivity index (χ0) is 13.0. The summed E-state index contributed by atoms with van der Waals surface area (Å²) in [6.45, 7) is 6.32. The lowest BCUT2D eigenvalue weighted by Crippen LogP contribution is -2.23. The molecule has 0 amide bonds. The molecule has 4 heteroatoms. The van der Waals surface area contributed by atoms with Gasteiger partial charge in [0.05, 0.1) is 11.4 Å². The van der Waals surface area contributed by atoms with E-state index in [0.29, 0.717) is 11.6 Å². The van der Waals surface area contributed by atoms with Crippen molar-refractivity contribution in [3.05, 3.63) is 23.8 Å². The fraction of sp³-hybridized carbons (Fsp3) is 0.538. The van der Waals surface area contributed by atoms with E-state index < -0.39 is 6.43 Å². The third kappa shape index (κ3) is 3.58. The molecule has 0 aromatic heterocycles. The lowest BCUT2D eigenvalue weighted by Gasteiger charge is -2.22. The molecule has 1 rings (SSSR count). The fourth-order valence-electron chi connectivity index (χ4n) is 1.59. The molecule has 1 aromatic rings. The van der Waals surface area contributed by atoms with Crippen LogP contribution in [0.3, 0.4) is 0 Å². The van der Waals surface area contributed by atoms with Crippen LogP contribution < -0.4 is 11.1 Å². The summed E-state index contributed by atoms with van der Waals surface area (Å²) in [7, 11) is 0. The molecule has 0 fully saturated rings. The van der Waals surface area contributed by atoms with Crippen molar-refractivity contribution in [2.45, 2.75) is 39.7 Å². The number of halogens is 2. The van der Waals surface area contributed by atoms with Gasteiger partial charge in [0.1, 0.15) is 0 Å². The Hall–Kier alpha value is -1.32. The minimum Gasteiger partial charge on any atom is -0.397 e. The first-order valence-corrected chi connectivity index (χ1v) is 5.89. The van der Waals surface area contributed by atoms with E-state index in [0.717, 1.165) is 12.1 Å². The Kier molecular flexibility index (Phi) is 4.73. The van der Waals surface area contributed by atoms with Gasteiger partial charge in [0.2, 0.25) is 0 Å². The number of hydrogen-bond acceptors (Lipinski definition) is 2. The van der Waals surface area contributed by atoms with E-state index in [1.54, 1.807) is 6.07 Å². The molecule has 0 saturated carbocycles. The molecule has 1 aromatic carbocycles. The normalized spacial score (nSPS) is 14.7. The largest absolute Gasteiger partial charge is 0.397 e. The van der Waals surface area contributed by atoms with Gasteiger partial charge in [-0.3, -0.25) is 0 Å². The number of nitrogens with one attached hydrogen (secondary N) is 1. The second-order valence-electron chi connectivity index (χ2n) is 4.47. The van der Waals surface area contributed by atoms with Gasteiger partial charge in [-0.15, -0.1) is 0 Å². The van der Waals surface area contributed by atoms with Crippen LogP contribution in [0, 0.1) is 5.92 Å². The molecule has 0 heterocycles. The van der Waals surface area contributed by atoms with E-state index >= 15 is 0 Å². The summed E-state index contributed by atoms with van der Waals surface area (Å²) < 4.78 is 24.9. The number of alkyl halides is 2. The van der Waals surface area contributed by atoms with Crippen LogP contribution in [-0.4, -0.2) is 6.04 Å². The van der Waals surface area contributed by atoms with Gasteiger partial charge >= 0.3 is 0 Å². The average molecular weight is 242 g/mol. The molecule has 96 valence electrons. The lowest BCUT2D eigenvalue weighted by molar-refractivity contribution is 0.151. The third-order valence-electron chi connectivity index (χ3n) is 3.21. The molecule has 0 aliphatic carbocycles. The first-order valence-electron chi connectivity index (χ1n) is 5.89. The van der Waals surface area contributed by atoms with Crippen molar-refractivity contribution in [2.75, 3.05) is 11.1 Å². The van der Waals surface area contributed by atoms with Crippen molar-refractivity contribution in [1.82, 2.24) is 0 Å². The summed E-state index contributed by atoms with van der Waals surface area (Å²) in [4.78, 5) is 0. The summed E-state index contributed by atoms with van der Waals surface area (Å²) in [6.07, 6.45) is -1.42. The van der Waals surface area contributed by atoms with Crippen LogP contribution in [0.1, 0.15) is 39.2 Å². The Morgan fingerprint density at radius 2 is 1.94 bits per heavy atom. The Morgan fingerprint density at radius 3 is 2.41 bits per heavy atom. The summed E-state index contributed by atoms with van der Waals surface area (Å²) >= 11 is 0. The molecule has 2 atom stereocenters. The van der Waals surface area contributed by atoms with Crippen LogP contribution >= 0.6 is 0 Å². The number of nitrogens with two attached hydrogens (primary N) is 1. The minimum absolute atomic E-state index is 0.0377. The van der Waals surface area contributed by atoms with E-state index in [9.17, 15) is 8.78 Å². The number of hydrogen-bond donors (Lipinski definition) is 2. The van der Waals surface area contributed by atoms with E-state index in [1.807, 2.05) is 0 Å². The fourth-order valence-corrected chi connectivity index (χ4v) is 1.59. The highest BCUT2D eigenvalue weighted by atomic mass is 19.3. The van der Waals surface area contributed by atoms with Gasteiger partial charge in [-0.2, -0.15) is 0 Å². The predicted molar refractivity (Wildman–Crippen MR) is 68.4 cm³/mol. The van der Waals surface area contributed by atoms with Crippen LogP contribution in [0.2, 0.25) is 0 Å². The molecule has 0 bridgehead atoms. The average Bonchev–Trinajstić information content (AvgIpc) is 2.30. The molecule has 3 N–H and O–H groups in total. The van der Waals surface area contributed by atoms with E-state index in [4.69, 9.17) is 5.73 Å². The molecule has 2 nitrogen and oxygen atoms in total. The van der Waals surface area contributed by atoms with Crippen LogP contribution in [-0.2, 0) is 0 Å². The standard InChI is InChI=1S/C13H20F2N2/c1-4-8(2)9(3)17-12-6-5-10(13(14)15)7-11(12)16/h5-9,13,17H,4,16H2,1-3H3. The highest BCUT2D eigenvalue weighted by Gasteiger charge is 2.13. The Labute approximate surface area is 101 Å². The molecule has 2 unspecified atom stereocenters. The van der Waals surface area contributed by atoms with Crippen molar-refractivity contribution in [3.8, 4) is 0 Å². The maximum atomic E-state index is 12.4. The highest BCUT2D eigenvalue weighted by molar-refractivity contribution is 5.67. The molecule has 17 heavy (non-hydrogen) atoms. The SMILES string of the molecule is CCC(C)C(C)Nc1ccc(C(F)F)cc1N. The van der Waals surface area contributed by atoms with Crippen LogP contribution in [0.15, 0.2) is 18.2 Å².